The molecule has 148 valence electrons. The molecule has 0 radical (unpaired) electrons. The molecule has 2 aromatic rings. The number of aromatic nitrogens is 2. The average molecular weight is 380 g/mol. The third kappa shape index (κ3) is 4.69. The van der Waals surface area contributed by atoms with Crippen molar-refractivity contribution in [1.82, 2.24) is 19.8 Å². The van der Waals surface area contributed by atoms with Gasteiger partial charge in [-0.2, -0.15) is 0 Å². The topological polar surface area (TPSA) is 61.5 Å². The average Bonchev–Trinajstić information content (AvgIpc) is 3.17. The molecule has 0 aliphatic carbocycles. The summed E-state index contributed by atoms with van der Waals surface area (Å²) in [5.74, 6) is 0.206. The van der Waals surface area contributed by atoms with Crippen molar-refractivity contribution in [2.75, 3.05) is 32.8 Å². The highest BCUT2D eigenvalue weighted by Crippen LogP contribution is 2.32. The zero-order chi connectivity index (χ0) is 19.2. The summed E-state index contributed by atoms with van der Waals surface area (Å²) in [7, 11) is 0. The molecular weight excluding hydrogens is 352 g/mol. The molecular formula is C22H28N4O2. The molecule has 2 saturated heterocycles. The van der Waals surface area contributed by atoms with Gasteiger partial charge in [0.05, 0.1) is 25.0 Å². The van der Waals surface area contributed by atoms with E-state index in [2.05, 4.69) is 39.2 Å². The zero-order valence-corrected chi connectivity index (χ0v) is 16.2. The van der Waals surface area contributed by atoms with Crippen molar-refractivity contribution in [3.05, 3.63) is 60.2 Å². The number of benzene rings is 1. The van der Waals surface area contributed by atoms with Gasteiger partial charge in [0.25, 0.3) is 0 Å². The molecule has 2 aliphatic rings. The van der Waals surface area contributed by atoms with Gasteiger partial charge in [-0.3, -0.25) is 9.69 Å². The van der Waals surface area contributed by atoms with Gasteiger partial charge in [0.2, 0.25) is 5.91 Å². The maximum Gasteiger partial charge on any atom is 0.225 e. The van der Waals surface area contributed by atoms with Gasteiger partial charge in [-0.25, -0.2) is 4.98 Å². The Labute approximate surface area is 166 Å². The van der Waals surface area contributed by atoms with Crippen LogP contribution in [0.25, 0.3) is 6.08 Å². The van der Waals surface area contributed by atoms with Crippen molar-refractivity contribution >= 4 is 12.0 Å². The lowest BCUT2D eigenvalue weighted by Crippen LogP contribution is -2.47. The van der Waals surface area contributed by atoms with Crippen molar-refractivity contribution in [1.29, 1.82) is 0 Å². The van der Waals surface area contributed by atoms with Crippen LogP contribution < -0.4 is 0 Å². The normalized spacial score (nSPS) is 20.7. The first-order valence-electron chi connectivity index (χ1n) is 10.1. The van der Waals surface area contributed by atoms with Crippen LogP contribution in [0.3, 0.4) is 0 Å². The van der Waals surface area contributed by atoms with E-state index in [1.165, 1.54) is 0 Å². The Bertz CT molecular complexity index is 780. The number of aromatic amines is 1. The highest BCUT2D eigenvalue weighted by atomic mass is 16.5. The first-order valence-corrected chi connectivity index (χ1v) is 10.1. The fourth-order valence-corrected chi connectivity index (χ4v) is 4.06. The van der Waals surface area contributed by atoms with Gasteiger partial charge in [0, 0.05) is 44.6 Å². The molecule has 0 unspecified atom stereocenters. The summed E-state index contributed by atoms with van der Waals surface area (Å²) in [6.07, 6.45) is 10.0. The molecule has 3 heterocycles. The van der Waals surface area contributed by atoms with Crippen LogP contribution in [0.2, 0.25) is 0 Å². The van der Waals surface area contributed by atoms with Crippen LogP contribution in [0, 0.1) is 0 Å². The van der Waals surface area contributed by atoms with Crippen molar-refractivity contribution in [3.63, 3.8) is 0 Å². The van der Waals surface area contributed by atoms with E-state index in [9.17, 15) is 4.79 Å². The number of carbonyl (C=O) groups is 1. The Morgan fingerprint density at radius 1 is 1.18 bits per heavy atom. The number of piperidine rings is 1. The molecule has 2 fully saturated rings. The van der Waals surface area contributed by atoms with Crippen LogP contribution in [-0.4, -0.2) is 64.1 Å². The number of hydrogen-bond acceptors (Lipinski definition) is 4. The molecule has 1 N–H and O–H groups in total. The van der Waals surface area contributed by atoms with Crippen LogP contribution >= 0.6 is 0 Å². The van der Waals surface area contributed by atoms with E-state index in [-0.39, 0.29) is 11.5 Å². The third-order valence-corrected chi connectivity index (χ3v) is 5.75. The first-order chi connectivity index (χ1) is 13.7. The summed E-state index contributed by atoms with van der Waals surface area (Å²) in [5.41, 5.74) is 1.99. The van der Waals surface area contributed by atoms with E-state index in [1.807, 2.05) is 29.3 Å². The van der Waals surface area contributed by atoms with E-state index < -0.39 is 0 Å². The minimum Gasteiger partial charge on any atom is -0.373 e. The maximum absolute atomic E-state index is 12.9. The lowest BCUT2D eigenvalue weighted by Gasteiger charge is -2.40. The lowest BCUT2D eigenvalue weighted by molar-refractivity contribution is -0.135. The van der Waals surface area contributed by atoms with Crippen molar-refractivity contribution < 1.29 is 9.53 Å². The SMILES string of the molecule is O=C1CC2(CCN(Cc3cnc[nH]3)CC2)OCCN1C/C=C/c1ccccc1. The minimum atomic E-state index is -0.292. The monoisotopic (exact) mass is 380 g/mol. The van der Waals surface area contributed by atoms with E-state index in [0.29, 0.717) is 26.1 Å². The molecule has 1 aromatic carbocycles. The van der Waals surface area contributed by atoms with Crippen LogP contribution in [0.5, 0.6) is 0 Å². The molecule has 6 nitrogen and oxygen atoms in total. The van der Waals surface area contributed by atoms with Crippen LogP contribution in [0.4, 0.5) is 0 Å². The largest absolute Gasteiger partial charge is 0.373 e. The van der Waals surface area contributed by atoms with Gasteiger partial charge in [-0.1, -0.05) is 42.5 Å². The zero-order valence-electron chi connectivity index (χ0n) is 16.2. The quantitative estimate of drug-likeness (QED) is 0.866. The number of H-pyrrole nitrogens is 1. The van der Waals surface area contributed by atoms with Gasteiger partial charge in [-0.05, 0) is 18.4 Å². The summed E-state index contributed by atoms with van der Waals surface area (Å²) in [4.78, 5) is 24.4. The molecule has 0 bridgehead atoms. The number of rotatable bonds is 5. The van der Waals surface area contributed by atoms with Crippen molar-refractivity contribution in [3.8, 4) is 0 Å². The molecule has 28 heavy (non-hydrogen) atoms. The molecule has 1 amide bonds. The molecule has 2 aliphatic heterocycles. The maximum atomic E-state index is 12.9. The summed E-state index contributed by atoms with van der Waals surface area (Å²) in [6.45, 7) is 4.68. The first kappa shape index (κ1) is 18.9. The van der Waals surface area contributed by atoms with Crippen LogP contribution in [-0.2, 0) is 16.1 Å². The lowest BCUT2D eigenvalue weighted by atomic mass is 9.87. The molecule has 0 saturated carbocycles. The Hall–Kier alpha value is -2.44. The van der Waals surface area contributed by atoms with Crippen molar-refractivity contribution in [2.45, 2.75) is 31.4 Å². The Balaban J connectivity index is 1.30. The number of ether oxygens (including phenoxy) is 1. The molecule has 1 spiro atoms. The van der Waals surface area contributed by atoms with E-state index in [0.717, 1.165) is 43.7 Å². The Morgan fingerprint density at radius 3 is 2.75 bits per heavy atom. The number of likely N-dealkylation sites (tertiary alicyclic amines) is 1. The summed E-state index contributed by atoms with van der Waals surface area (Å²) in [6, 6.07) is 10.2. The molecule has 6 heteroatoms. The smallest absolute Gasteiger partial charge is 0.225 e. The highest BCUT2D eigenvalue weighted by molar-refractivity contribution is 5.78. The number of nitrogens with one attached hydrogen (secondary N) is 1. The second-order valence-electron chi connectivity index (χ2n) is 7.71. The van der Waals surface area contributed by atoms with Gasteiger partial charge in [0.15, 0.2) is 0 Å². The second-order valence-corrected chi connectivity index (χ2v) is 7.71. The van der Waals surface area contributed by atoms with Crippen LogP contribution in [0.1, 0.15) is 30.5 Å². The van der Waals surface area contributed by atoms with Gasteiger partial charge < -0.3 is 14.6 Å². The minimum absolute atomic E-state index is 0.206. The van der Waals surface area contributed by atoms with E-state index in [1.54, 1.807) is 6.33 Å². The summed E-state index contributed by atoms with van der Waals surface area (Å²) >= 11 is 0. The van der Waals surface area contributed by atoms with E-state index >= 15 is 0 Å². The molecule has 4 rings (SSSR count). The van der Waals surface area contributed by atoms with Crippen LogP contribution in [0.15, 0.2) is 48.9 Å². The highest BCUT2D eigenvalue weighted by Gasteiger charge is 2.40. The number of amides is 1. The van der Waals surface area contributed by atoms with Gasteiger partial charge >= 0.3 is 0 Å². The predicted octanol–water partition coefficient (Wildman–Crippen LogP) is 2.71. The molecule has 1 aromatic heterocycles. The number of carbonyl (C=O) groups excluding carboxylic acids is 1. The third-order valence-electron chi connectivity index (χ3n) is 5.75. The predicted molar refractivity (Wildman–Crippen MR) is 108 cm³/mol. The Morgan fingerprint density at radius 2 is 2.00 bits per heavy atom. The fourth-order valence-electron chi connectivity index (χ4n) is 4.06. The summed E-state index contributed by atoms with van der Waals surface area (Å²) < 4.78 is 6.25. The standard InChI is InChI=1S/C22H28N4O2/c27-21-15-22(8-11-25(12-9-22)17-20-16-23-18-24-20)28-14-13-26(21)10-4-7-19-5-2-1-3-6-19/h1-7,16,18H,8-15,17H2,(H,23,24)/b7-4+. The molecule has 0 atom stereocenters. The van der Waals surface area contributed by atoms with Crippen molar-refractivity contribution in [2.24, 2.45) is 0 Å². The van der Waals surface area contributed by atoms with Gasteiger partial charge in [0.1, 0.15) is 0 Å². The second kappa shape index (κ2) is 8.71. The van der Waals surface area contributed by atoms with E-state index in [4.69, 9.17) is 4.74 Å². The number of hydrogen-bond donors (Lipinski definition) is 1. The number of nitrogens with zero attached hydrogens (tertiary/aromatic N) is 3. The van der Waals surface area contributed by atoms with Gasteiger partial charge in [-0.15, -0.1) is 0 Å². The summed E-state index contributed by atoms with van der Waals surface area (Å²) in [5, 5.41) is 0. The fraction of sp³-hybridized carbons (Fsp3) is 0.455. The number of imidazole rings is 1. The Kier molecular flexibility index (Phi) is 5.88.